The second kappa shape index (κ2) is 9.36. The van der Waals surface area contributed by atoms with Gasteiger partial charge in [-0.25, -0.2) is 12.8 Å². The maximum Gasteiger partial charge on any atom is 0.221 e. The van der Waals surface area contributed by atoms with Gasteiger partial charge in [0.1, 0.15) is 11.1 Å². The first-order chi connectivity index (χ1) is 15.0. The fraction of sp³-hybridized carbons (Fsp3) is 0.500. The molecule has 2 aliphatic heterocycles. The predicted octanol–water partition coefficient (Wildman–Crippen LogP) is 3.92. The summed E-state index contributed by atoms with van der Waals surface area (Å²) in [6.45, 7) is 1.66. The average molecular weight is 448 g/mol. The number of aliphatic hydroxyl groups excluding tert-OH is 1. The highest BCUT2D eigenvalue weighted by atomic mass is 32.2. The minimum absolute atomic E-state index is 0.0356. The van der Waals surface area contributed by atoms with E-state index in [0.29, 0.717) is 38.2 Å². The van der Waals surface area contributed by atoms with Crippen LogP contribution in [0.4, 0.5) is 4.39 Å². The van der Waals surface area contributed by atoms with Crippen molar-refractivity contribution in [2.45, 2.75) is 49.3 Å². The van der Waals surface area contributed by atoms with E-state index in [1.54, 1.807) is 6.07 Å². The number of ether oxygens (including phenoxy) is 1. The molecule has 1 atom stereocenters. The van der Waals surface area contributed by atoms with Crippen molar-refractivity contribution >= 4 is 10.0 Å². The lowest BCUT2D eigenvalue weighted by atomic mass is 9.72. The minimum atomic E-state index is -3.57. The molecule has 168 valence electrons. The number of rotatable bonds is 6. The van der Waals surface area contributed by atoms with Crippen LogP contribution in [0.1, 0.15) is 54.0 Å². The largest absolute Gasteiger partial charge is 0.396 e. The van der Waals surface area contributed by atoms with Crippen LogP contribution >= 0.6 is 0 Å². The molecule has 2 aromatic carbocycles. The molecule has 0 radical (unpaired) electrons. The van der Waals surface area contributed by atoms with Crippen molar-refractivity contribution in [3.8, 4) is 0 Å². The molecule has 31 heavy (non-hydrogen) atoms. The number of aliphatic hydroxyl groups is 1. The number of nitrogens with zero attached hydrogens (tertiary/aromatic N) is 1. The smallest absolute Gasteiger partial charge is 0.221 e. The first-order valence-electron chi connectivity index (χ1n) is 11.0. The predicted molar refractivity (Wildman–Crippen MR) is 118 cm³/mol. The summed E-state index contributed by atoms with van der Waals surface area (Å²) < 4.78 is 48.5. The van der Waals surface area contributed by atoms with Crippen molar-refractivity contribution in [1.29, 1.82) is 0 Å². The molecule has 2 aliphatic rings. The van der Waals surface area contributed by atoms with E-state index in [0.717, 1.165) is 30.4 Å². The van der Waals surface area contributed by atoms with Crippen molar-refractivity contribution in [3.05, 3.63) is 71.0 Å². The van der Waals surface area contributed by atoms with E-state index in [9.17, 15) is 13.5 Å². The van der Waals surface area contributed by atoms with E-state index in [1.807, 2.05) is 36.4 Å². The SMILES string of the molecule is O=S1(=O)[C@@H](c2ccccc2)CCCN1Cc1ccc(C2(CCO)CCOCC2)cc1F. The minimum Gasteiger partial charge on any atom is -0.396 e. The number of hydrogen-bond acceptors (Lipinski definition) is 4. The van der Waals surface area contributed by atoms with E-state index >= 15 is 4.39 Å². The second-order valence-corrected chi connectivity index (χ2v) is 10.7. The zero-order valence-electron chi connectivity index (χ0n) is 17.7. The highest BCUT2D eigenvalue weighted by Crippen LogP contribution is 2.39. The Morgan fingerprint density at radius 2 is 1.87 bits per heavy atom. The normalized spacial score (nSPS) is 23.5. The molecule has 0 bridgehead atoms. The third-order valence-corrected chi connectivity index (χ3v) is 9.08. The van der Waals surface area contributed by atoms with E-state index in [1.165, 1.54) is 10.4 Å². The fourth-order valence-electron chi connectivity index (χ4n) is 4.94. The summed E-state index contributed by atoms with van der Waals surface area (Å²) >= 11 is 0. The van der Waals surface area contributed by atoms with Gasteiger partial charge in [-0.3, -0.25) is 0 Å². The Morgan fingerprint density at radius 1 is 1.13 bits per heavy atom. The Morgan fingerprint density at radius 3 is 2.55 bits per heavy atom. The molecule has 2 aromatic rings. The Hall–Kier alpha value is -1.80. The third kappa shape index (κ3) is 4.55. The van der Waals surface area contributed by atoms with Crippen LogP contribution in [0.5, 0.6) is 0 Å². The molecule has 2 heterocycles. The van der Waals surface area contributed by atoms with Crippen LogP contribution in [-0.2, 0) is 26.7 Å². The Kier molecular flexibility index (Phi) is 6.77. The van der Waals surface area contributed by atoms with Crippen molar-refractivity contribution in [3.63, 3.8) is 0 Å². The molecular formula is C24H30FNO4S. The molecule has 0 aromatic heterocycles. The van der Waals surface area contributed by atoms with Gasteiger partial charge in [-0.1, -0.05) is 42.5 Å². The quantitative estimate of drug-likeness (QED) is 0.729. The molecule has 5 nitrogen and oxygen atoms in total. The van der Waals surface area contributed by atoms with Crippen molar-refractivity contribution in [2.24, 2.45) is 0 Å². The van der Waals surface area contributed by atoms with Crippen LogP contribution in [0.3, 0.4) is 0 Å². The van der Waals surface area contributed by atoms with E-state index in [4.69, 9.17) is 4.74 Å². The third-order valence-electron chi connectivity index (χ3n) is 6.82. The van der Waals surface area contributed by atoms with Gasteiger partial charge in [0.05, 0.1) is 0 Å². The fourth-order valence-corrected chi connectivity index (χ4v) is 6.97. The molecule has 0 amide bonds. The highest BCUT2D eigenvalue weighted by Gasteiger charge is 2.38. The number of sulfonamides is 1. The van der Waals surface area contributed by atoms with Gasteiger partial charge in [-0.05, 0) is 49.3 Å². The molecule has 0 saturated carbocycles. The van der Waals surface area contributed by atoms with Gasteiger partial charge in [0.15, 0.2) is 0 Å². The van der Waals surface area contributed by atoms with E-state index < -0.39 is 21.1 Å². The van der Waals surface area contributed by atoms with Gasteiger partial charge in [0.2, 0.25) is 10.0 Å². The summed E-state index contributed by atoms with van der Waals surface area (Å²) in [5, 5.41) is 8.97. The molecule has 2 fully saturated rings. The van der Waals surface area contributed by atoms with E-state index in [2.05, 4.69) is 0 Å². The molecular weight excluding hydrogens is 417 g/mol. The first kappa shape index (κ1) is 22.4. The second-order valence-electron chi connectivity index (χ2n) is 8.59. The number of benzene rings is 2. The van der Waals surface area contributed by atoms with E-state index in [-0.39, 0.29) is 18.6 Å². The zero-order valence-corrected chi connectivity index (χ0v) is 18.5. The number of halogens is 1. The maximum absolute atomic E-state index is 15.1. The number of hydrogen-bond donors (Lipinski definition) is 1. The summed E-state index contributed by atoms with van der Waals surface area (Å²) in [4.78, 5) is 0. The highest BCUT2D eigenvalue weighted by molar-refractivity contribution is 7.89. The van der Waals surface area contributed by atoms with Crippen LogP contribution in [0.15, 0.2) is 48.5 Å². The van der Waals surface area contributed by atoms with Crippen LogP contribution in [0, 0.1) is 5.82 Å². The summed E-state index contributed by atoms with van der Waals surface area (Å²) in [6, 6.07) is 14.4. The van der Waals surface area contributed by atoms with Gasteiger partial charge < -0.3 is 9.84 Å². The van der Waals surface area contributed by atoms with Crippen LogP contribution in [0.25, 0.3) is 0 Å². The van der Waals surface area contributed by atoms with Gasteiger partial charge in [0, 0.05) is 43.9 Å². The van der Waals surface area contributed by atoms with Crippen molar-refractivity contribution in [1.82, 2.24) is 4.31 Å². The van der Waals surface area contributed by atoms with Gasteiger partial charge in [-0.15, -0.1) is 0 Å². The molecule has 0 spiro atoms. The molecule has 1 N–H and O–H groups in total. The summed E-state index contributed by atoms with van der Waals surface area (Å²) in [5.74, 6) is -0.390. The van der Waals surface area contributed by atoms with Crippen LogP contribution in [-0.4, -0.2) is 44.2 Å². The lowest BCUT2D eigenvalue weighted by molar-refractivity contribution is 0.0399. The molecule has 2 saturated heterocycles. The lowest BCUT2D eigenvalue weighted by Gasteiger charge is -2.38. The van der Waals surface area contributed by atoms with Crippen LogP contribution < -0.4 is 0 Å². The molecule has 0 aliphatic carbocycles. The average Bonchev–Trinajstić information content (AvgIpc) is 2.77. The van der Waals surface area contributed by atoms with Crippen molar-refractivity contribution < 1.29 is 22.7 Å². The Labute approximate surface area is 183 Å². The molecule has 7 heteroatoms. The summed E-state index contributed by atoms with van der Waals surface area (Å²) in [5.41, 5.74) is 1.73. The summed E-state index contributed by atoms with van der Waals surface area (Å²) in [6.07, 6.45) is 3.37. The van der Waals surface area contributed by atoms with Gasteiger partial charge in [0.25, 0.3) is 0 Å². The topological polar surface area (TPSA) is 66.8 Å². The van der Waals surface area contributed by atoms with Crippen LogP contribution in [0.2, 0.25) is 0 Å². The van der Waals surface area contributed by atoms with Gasteiger partial charge >= 0.3 is 0 Å². The standard InChI is InChI=1S/C24H30FNO4S/c25-22-17-21(24(10-14-27)11-15-30-16-12-24)9-8-20(22)18-26-13-4-7-23(31(26,28)29)19-5-2-1-3-6-19/h1-3,5-6,8-9,17,23,27H,4,7,10-16,18H2/t23-/m1/s1. The van der Waals surface area contributed by atoms with Gasteiger partial charge in [-0.2, -0.15) is 4.31 Å². The Balaban J connectivity index is 1.56. The maximum atomic E-state index is 15.1. The Bertz CT molecular complexity index is 984. The monoisotopic (exact) mass is 447 g/mol. The first-order valence-corrected chi connectivity index (χ1v) is 12.5. The summed E-state index contributed by atoms with van der Waals surface area (Å²) in [7, 11) is -3.57. The molecule has 4 rings (SSSR count). The van der Waals surface area contributed by atoms with Crippen molar-refractivity contribution in [2.75, 3.05) is 26.4 Å². The zero-order chi connectivity index (χ0) is 21.9. The molecule has 0 unspecified atom stereocenters. The lowest BCUT2D eigenvalue weighted by Crippen LogP contribution is -2.39.